The largest absolute Gasteiger partial charge is 0.481 e. The summed E-state index contributed by atoms with van der Waals surface area (Å²) in [4.78, 5) is 26.1. The van der Waals surface area contributed by atoms with Gasteiger partial charge in [0, 0.05) is 25.6 Å². The van der Waals surface area contributed by atoms with E-state index in [1.54, 1.807) is 22.1 Å². The predicted octanol–water partition coefficient (Wildman–Crippen LogP) is 1.63. The van der Waals surface area contributed by atoms with E-state index in [9.17, 15) is 9.59 Å². The molecule has 1 saturated heterocycles. The molecule has 0 unspecified atom stereocenters. The average Bonchev–Trinajstić information content (AvgIpc) is 2.82. The molecular formula is C13H18N2O4. The van der Waals surface area contributed by atoms with Gasteiger partial charge in [0.2, 0.25) is 0 Å². The number of rotatable bonds is 5. The van der Waals surface area contributed by atoms with Gasteiger partial charge in [-0.05, 0) is 19.1 Å². The van der Waals surface area contributed by atoms with Gasteiger partial charge >= 0.3 is 12.0 Å². The first-order valence-electron chi connectivity index (χ1n) is 6.38. The third-order valence-corrected chi connectivity index (χ3v) is 3.27. The third kappa shape index (κ3) is 3.27. The molecule has 0 radical (unpaired) electrons. The second-order valence-corrected chi connectivity index (χ2v) is 4.74. The van der Waals surface area contributed by atoms with Crippen molar-refractivity contribution in [1.29, 1.82) is 0 Å². The van der Waals surface area contributed by atoms with E-state index in [-0.39, 0.29) is 18.4 Å². The normalized spacial score (nSPS) is 15.1. The molecule has 104 valence electrons. The van der Waals surface area contributed by atoms with Crippen molar-refractivity contribution >= 4 is 12.0 Å². The first-order chi connectivity index (χ1) is 9.10. The number of amides is 2. The SMILES string of the molecule is CCN(Cc1ccco1)C(=O)N1CC(CC(=O)O)C1. The first kappa shape index (κ1) is 13.5. The van der Waals surface area contributed by atoms with Crippen LogP contribution in [0.25, 0.3) is 0 Å². The van der Waals surface area contributed by atoms with Crippen LogP contribution in [0, 0.1) is 5.92 Å². The molecule has 19 heavy (non-hydrogen) atoms. The molecular weight excluding hydrogens is 248 g/mol. The van der Waals surface area contributed by atoms with Crippen molar-refractivity contribution in [2.24, 2.45) is 5.92 Å². The van der Waals surface area contributed by atoms with E-state index in [1.807, 2.05) is 13.0 Å². The highest BCUT2D eigenvalue weighted by Gasteiger charge is 2.34. The van der Waals surface area contributed by atoms with Crippen LogP contribution in [0.15, 0.2) is 22.8 Å². The van der Waals surface area contributed by atoms with Gasteiger partial charge in [0.15, 0.2) is 0 Å². The van der Waals surface area contributed by atoms with E-state index in [2.05, 4.69) is 0 Å². The van der Waals surface area contributed by atoms with Crippen molar-refractivity contribution in [2.45, 2.75) is 19.9 Å². The van der Waals surface area contributed by atoms with Crippen LogP contribution in [0.1, 0.15) is 19.1 Å². The van der Waals surface area contributed by atoms with Gasteiger partial charge < -0.3 is 19.3 Å². The van der Waals surface area contributed by atoms with Gasteiger partial charge in [-0.1, -0.05) is 0 Å². The lowest BCUT2D eigenvalue weighted by Crippen LogP contribution is -2.55. The molecule has 0 atom stereocenters. The zero-order valence-electron chi connectivity index (χ0n) is 10.9. The summed E-state index contributed by atoms with van der Waals surface area (Å²) in [5, 5.41) is 8.67. The number of hydrogen-bond acceptors (Lipinski definition) is 3. The van der Waals surface area contributed by atoms with E-state index in [0.29, 0.717) is 26.2 Å². The molecule has 2 heterocycles. The van der Waals surface area contributed by atoms with Crippen LogP contribution in [-0.2, 0) is 11.3 Å². The number of carbonyl (C=O) groups excluding carboxylic acids is 1. The number of aliphatic carboxylic acids is 1. The van der Waals surface area contributed by atoms with E-state index in [1.165, 1.54) is 0 Å². The molecule has 2 rings (SSSR count). The molecule has 0 spiro atoms. The fourth-order valence-electron chi connectivity index (χ4n) is 2.21. The van der Waals surface area contributed by atoms with Crippen LogP contribution in [0.3, 0.4) is 0 Å². The summed E-state index contributed by atoms with van der Waals surface area (Å²) in [7, 11) is 0. The lowest BCUT2D eigenvalue weighted by molar-refractivity contribution is -0.139. The maximum Gasteiger partial charge on any atom is 0.320 e. The average molecular weight is 266 g/mol. The van der Waals surface area contributed by atoms with E-state index in [4.69, 9.17) is 9.52 Å². The Labute approximate surface area is 111 Å². The van der Waals surface area contributed by atoms with E-state index >= 15 is 0 Å². The van der Waals surface area contributed by atoms with Gasteiger partial charge in [0.1, 0.15) is 5.76 Å². The Morgan fingerprint density at radius 2 is 2.26 bits per heavy atom. The van der Waals surface area contributed by atoms with Crippen LogP contribution < -0.4 is 0 Å². The van der Waals surface area contributed by atoms with Crippen molar-refractivity contribution in [3.05, 3.63) is 24.2 Å². The Kier molecular flexibility index (Phi) is 4.09. The fraction of sp³-hybridized carbons (Fsp3) is 0.538. The quantitative estimate of drug-likeness (QED) is 0.879. The van der Waals surface area contributed by atoms with Gasteiger partial charge in [-0.3, -0.25) is 4.79 Å². The monoisotopic (exact) mass is 266 g/mol. The summed E-state index contributed by atoms with van der Waals surface area (Å²) in [6.07, 6.45) is 1.72. The maximum atomic E-state index is 12.2. The Morgan fingerprint density at radius 1 is 1.53 bits per heavy atom. The number of carboxylic acid groups (broad SMARTS) is 1. The van der Waals surface area contributed by atoms with Crippen molar-refractivity contribution in [3.63, 3.8) is 0 Å². The maximum absolute atomic E-state index is 12.2. The van der Waals surface area contributed by atoms with Crippen LogP contribution in [0.4, 0.5) is 4.79 Å². The zero-order valence-corrected chi connectivity index (χ0v) is 10.9. The van der Waals surface area contributed by atoms with Gasteiger partial charge in [-0.25, -0.2) is 4.79 Å². The Hall–Kier alpha value is -1.98. The minimum Gasteiger partial charge on any atom is -0.481 e. The number of urea groups is 1. The molecule has 1 aromatic rings. The lowest BCUT2D eigenvalue weighted by atomic mass is 9.97. The summed E-state index contributed by atoms with van der Waals surface area (Å²) in [6, 6.07) is 3.57. The summed E-state index contributed by atoms with van der Waals surface area (Å²) in [5.41, 5.74) is 0. The summed E-state index contributed by atoms with van der Waals surface area (Å²) in [6.45, 7) is 4.01. The lowest BCUT2D eigenvalue weighted by Gasteiger charge is -2.41. The highest BCUT2D eigenvalue weighted by molar-refractivity contribution is 5.76. The Balaban J connectivity index is 1.83. The second kappa shape index (κ2) is 5.77. The zero-order chi connectivity index (χ0) is 13.8. The molecule has 1 fully saturated rings. The molecule has 1 N–H and O–H groups in total. The first-order valence-corrected chi connectivity index (χ1v) is 6.38. The standard InChI is InChI=1S/C13H18N2O4/c1-2-14(9-11-4-3-5-19-11)13(18)15-7-10(8-15)6-12(16)17/h3-5,10H,2,6-9H2,1H3,(H,16,17). The van der Waals surface area contributed by atoms with E-state index < -0.39 is 5.97 Å². The molecule has 6 nitrogen and oxygen atoms in total. The number of hydrogen-bond donors (Lipinski definition) is 1. The summed E-state index contributed by atoms with van der Waals surface area (Å²) < 4.78 is 5.23. The minimum absolute atomic E-state index is 0.0551. The minimum atomic E-state index is -0.806. The van der Waals surface area contributed by atoms with Crippen LogP contribution in [-0.4, -0.2) is 46.5 Å². The van der Waals surface area contributed by atoms with Gasteiger partial charge in [-0.2, -0.15) is 0 Å². The summed E-state index contributed by atoms with van der Waals surface area (Å²) in [5.74, 6) is 0.0293. The number of carbonyl (C=O) groups is 2. The highest BCUT2D eigenvalue weighted by atomic mass is 16.4. The molecule has 6 heteroatoms. The Morgan fingerprint density at radius 3 is 2.79 bits per heavy atom. The Bertz CT molecular complexity index is 438. The molecule has 1 aliphatic rings. The molecule has 0 bridgehead atoms. The third-order valence-electron chi connectivity index (χ3n) is 3.27. The van der Waals surface area contributed by atoms with Gasteiger partial charge in [0.05, 0.1) is 19.2 Å². The van der Waals surface area contributed by atoms with Crippen LogP contribution in [0.5, 0.6) is 0 Å². The van der Waals surface area contributed by atoms with Crippen LogP contribution in [0.2, 0.25) is 0 Å². The molecule has 0 aliphatic carbocycles. The van der Waals surface area contributed by atoms with Crippen molar-refractivity contribution in [3.8, 4) is 0 Å². The number of nitrogens with zero attached hydrogens (tertiary/aromatic N) is 2. The van der Waals surface area contributed by atoms with Crippen molar-refractivity contribution in [2.75, 3.05) is 19.6 Å². The predicted molar refractivity (Wildman–Crippen MR) is 67.5 cm³/mol. The topological polar surface area (TPSA) is 74.0 Å². The molecule has 2 amide bonds. The molecule has 0 aromatic carbocycles. The van der Waals surface area contributed by atoms with Gasteiger partial charge in [-0.15, -0.1) is 0 Å². The second-order valence-electron chi connectivity index (χ2n) is 4.74. The smallest absolute Gasteiger partial charge is 0.320 e. The molecule has 1 aliphatic heterocycles. The van der Waals surface area contributed by atoms with Crippen molar-refractivity contribution < 1.29 is 19.1 Å². The number of furan rings is 1. The molecule has 0 saturated carbocycles. The van der Waals surface area contributed by atoms with Crippen LogP contribution >= 0.6 is 0 Å². The van der Waals surface area contributed by atoms with E-state index in [0.717, 1.165) is 5.76 Å². The number of likely N-dealkylation sites (tertiary alicyclic amines) is 1. The molecule has 1 aromatic heterocycles. The number of carboxylic acids is 1. The van der Waals surface area contributed by atoms with Crippen molar-refractivity contribution in [1.82, 2.24) is 9.80 Å². The van der Waals surface area contributed by atoms with Gasteiger partial charge in [0.25, 0.3) is 0 Å². The highest BCUT2D eigenvalue weighted by Crippen LogP contribution is 2.21. The summed E-state index contributed by atoms with van der Waals surface area (Å²) >= 11 is 0. The fourth-order valence-corrected chi connectivity index (χ4v) is 2.21.